The summed E-state index contributed by atoms with van der Waals surface area (Å²) in [5, 5.41) is 74.2. The second kappa shape index (κ2) is 30.5. The van der Waals surface area contributed by atoms with Gasteiger partial charge in [0, 0.05) is 34.0 Å². The third-order valence-corrected chi connectivity index (χ3v) is 22.8. The van der Waals surface area contributed by atoms with Crippen LogP contribution in [0.25, 0.3) is 34.4 Å². The predicted molar refractivity (Wildman–Crippen MR) is 403 cm³/mol. The van der Waals surface area contributed by atoms with E-state index < -0.39 is 0 Å². The molecule has 0 saturated carbocycles. The second-order valence-corrected chi connectivity index (χ2v) is 31.1. The number of hydrogen-bond donors (Lipinski definition) is 2. The van der Waals surface area contributed by atoms with E-state index in [0.29, 0.717) is 17.8 Å². The van der Waals surface area contributed by atoms with Crippen LogP contribution in [0.4, 0.5) is 0 Å². The van der Waals surface area contributed by atoms with E-state index in [2.05, 4.69) is 141 Å². The molecule has 6 aliphatic rings. The number of aromatic nitrogens is 16. The first-order valence-electron chi connectivity index (χ1n) is 34.2. The van der Waals surface area contributed by atoms with Crippen molar-refractivity contribution in [2.24, 2.45) is 32.2 Å². The second-order valence-electron chi connectivity index (χ2n) is 26.2. The van der Waals surface area contributed by atoms with Crippen LogP contribution in [-0.2, 0) is 25.7 Å². The average molecular weight is 1440 g/mol. The van der Waals surface area contributed by atoms with Crippen molar-refractivity contribution in [1.29, 1.82) is 0 Å². The van der Waals surface area contributed by atoms with Gasteiger partial charge in [0.15, 0.2) is 11.6 Å². The van der Waals surface area contributed by atoms with Crippen LogP contribution < -0.4 is 18.9 Å². The van der Waals surface area contributed by atoms with Crippen LogP contribution >= 0.6 is 47.0 Å². The average Bonchev–Trinajstić information content (AvgIpc) is 1.58. The van der Waals surface area contributed by atoms with E-state index in [-0.39, 0.29) is 21.0 Å². The van der Waals surface area contributed by atoms with E-state index in [1.54, 1.807) is 75.5 Å². The lowest BCUT2D eigenvalue weighted by Crippen LogP contribution is -2.29. The van der Waals surface area contributed by atoms with Crippen molar-refractivity contribution < 1.29 is 18.9 Å². The Morgan fingerprint density at radius 3 is 1.26 bits per heavy atom. The maximum absolute atomic E-state index is 5.32. The monoisotopic (exact) mass is 1440 g/mol. The fourth-order valence-corrected chi connectivity index (χ4v) is 17.1. The number of fused-ring (bicyclic) bond motifs is 6. The number of rotatable bonds is 15. The molecule has 17 rings (SSSR count). The molecular formula is C74H80N20O4S4. The number of benzene rings is 5. The summed E-state index contributed by atoms with van der Waals surface area (Å²) in [4.78, 5) is 0. The summed E-state index contributed by atoms with van der Waals surface area (Å²) in [5.74, 6) is 7.73. The summed E-state index contributed by atoms with van der Waals surface area (Å²) < 4.78 is 28.5. The van der Waals surface area contributed by atoms with Gasteiger partial charge in [0.2, 0.25) is 32.3 Å². The molecule has 11 aromatic rings. The van der Waals surface area contributed by atoms with E-state index in [1.165, 1.54) is 22.5 Å². The summed E-state index contributed by atoms with van der Waals surface area (Å²) >= 11 is 6.82. The number of H-pyrrole nitrogens is 2. The van der Waals surface area contributed by atoms with E-state index in [9.17, 15) is 0 Å². The Labute approximate surface area is 608 Å². The topological polar surface area (TPSA) is 267 Å². The summed E-state index contributed by atoms with van der Waals surface area (Å²) in [7, 11) is 6.70. The van der Waals surface area contributed by atoms with Crippen molar-refractivity contribution in [1.82, 2.24) is 79.9 Å². The van der Waals surface area contributed by atoms with E-state index >= 15 is 0 Å². The molecule has 4 aliphatic heterocycles. The maximum Gasteiger partial charge on any atom is 0.213 e. The van der Waals surface area contributed by atoms with Gasteiger partial charge in [-0.3, -0.25) is 10.2 Å². The van der Waals surface area contributed by atoms with Crippen LogP contribution in [0.5, 0.6) is 23.0 Å². The highest BCUT2D eigenvalue weighted by Crippen LogP contribution is 2.41. The molecule has 28 heteroatoms. The van der Waals surface area contributed by atoms with Crippen LogP contribution in [0.2, 0.25) is 0 Å². The predicted octanol–water partition coefficient (Wildman–Crippen LogP) is 14.3. The normalized spacial score (nSPS) is 17.6. The molecule has 0 radical (unpaired) electrons. The van der Waals surface area contributed by atoms with E-state index in [1.807, 2.05) is 122 Å². The molecule has 0 amide bonds. The van der Waals surface area contributed by atoms with Gasteiger partial charge in [-0.25, -0.2) is 0 Å². The third kappa shape index (κ3) is 14.3. The highest BCUT2D eigenvalue weighted by molar-refractivity contribution is 8.01. The Morgan fingerprint density at radius 1 is 0.412 bits per heavy atom. The first-order valence-corrected chi connectivity index (χ1v) is 37.8. The fraction of sp³-hybridized carbons (Fsp3) is 0.351. The smallest absolute Gasteiger partial charge is 0.213 e. The number of nitrogens with zero attached hydrogens (tertiary/aromatic N) is 18. The fourth-order valence-electron chi connectivity index (χ4n) is 12.8. The lowest BCUT2D eigenvalue weighted by Gasteiger charge is -2.26. The van der Waals surface area contributed by atoms with Gasteiger partial charge in [-0.2, -0.15) is 49.3 Å². The summed E-state index contributed by atoms with van der Waals surface area (Å²) in [6.45, 7) is 17.4. The van der Waals surface area contributed by atoms with Gasteiger partial charge < -0.3 is 18.9 Å². The number of ether oxygens (including phenoxy) is 4. The van der Waals surface area contributed by atoms with E-state index in [0.717, 1.165) is 174 Å². The lowest BCUT2D eigenvalue weighted by molar-refractivity contribution is 0.414. The van der Waals surface area contributed by atoms with Crippen molar-refractivity contribution in [2.75, 3.05) is 28.4 Å². The molecule has 0 saturated heterocycles. The maximum atomic E-state index is 5.32. The van der Waals surface area contributed by atoms with Gasteiger partial charge >= 0.3 is 0 Å². The molecule has 0 bridgehead atoms. The Balaban J connectivity index is 0.000000116. The Morgan fingerprint density at radius 2 is 0.804 bits per heavy atom. The van der Waals surface area contributed by atoms with Gasteiger partial charge in [0.05, 0.1) is 72.3 Å². The van der Waals surface area contributed by atoms with Crippen molar-refractivity contribution in [3.63, 3.8) is 0 Å². The van der Waals surface area contributed by atoms with Crippen LogP contribution in [-0.4, -0.2) is 152 Å². The largest absolute Gasteiger partial charge is 0.497 e. The molecule has 10 heterocycles. The molecule has 0 fully saturated rings. The van der Waals surface area contributed by atoms with Gasteiger partial charge in [-0.05, 0) is 190 Å². The summed E-state index contributed by atoms with van der Waals surface area (Å²) in [6, 6.07) is 42.2. The quantitative estimate of drug-likeness (QED) is 0.0965. The number of aromatic amines is 2. The lowest BCUT2D eigenvalue weighted by atomic mass is 9.99. The molecule has 0 spiro atoms. The zero-order valence-electron chi connectivity index (χ0n) is 58.9. The number of hydrogen-bond acceptors (Lipinski definition) is 22. The summed E-state index contributed by atoms with van der Waals surface area (Å²) in [6.07, 6.45) is 7.49. The van der Waals surface area contributed by atoms with Crippen LogP contribution in [0, 0.1) is 11.8 Å². The molecule has 4 atom stereocenters. The molecule has 24 nitrogen and oxygen atoms in total. The van der Waals surface area contributed by atoms with E-state index in [4.69, 9.17) is 39.4 Å². The first-order chi connectivity index (χ1) is 49.6. The molecule has 2 N–H and O–H groups in total. The van der Waals surface area contributed by atoms with Gasteiger partial charge in [0.25, 0.3) is 0 Å². The molecule has 102 heavy (non-hydrogen) atoms. The van der Waals surface area contributed by atoms with Crippen LogP contribution in [0.3, 0.4) is 0 Å². The summed E-state index contributed by atoms with van der Waals surface area (Å²) in [5.41, 5.74) is 16.2. The minimum Gasteiger partial charge on any atom is -0.497 e. The highest BCUT2D eigenvalue weighted by Gasteiger charge is 2.36. The van der Waals surface area contributed by atoms with Crippen molar-refractivity contribution in [3.8, 4) is 57.4 Å². The number of methoxy groups -OCH3 is 4. The Bertz CT molecular complexity index is 4900. The van der Waals surface area contributed by atoms with Crippen molar-refractivity contribution >= 4 is 69.9 Å². The Kier molecular flexibility index (Phi) is 20.8. The van der Waals surface area contributed by atoms with Crippen molar-refractivity contribution in [3.05, 3.63) is 178 Å². The van der Waals surface area contributed by atoms with Crippen molar-refractivity contribution in [2.45, 2.75) is 148 Å². The molecule has 2 aliphatic carbocycles. The molecule has 4 unspecified atom stereocenters. The highest BCUT2D eigenvalue weighted by atomic mass is 32.2. The molecular weight excluding hydrogens is 1360 g/mol. The first kappa shape index (κ1) is 69.4. The van der Waals surface area contributed by atoms with Gasteiger partial charge in [-0.1, -0.05) is 119 Å². The standard InChI is InChI=1S/C21H24N6OS.C20H22N6OS.C18H16N4OS.C15H18N4OS/c1-12(2)11-17-18(13-7-9-14(28-3)10-8-13)26-27-20(24-25-21(27)29-17)19-15-5-4-6-16(15)22-23-19;1-11(2)18-16(12-7-9-13(27-3)10-8-12)25-26-19(23-24-20(26)28-18)17-14-5-4-6-15(14)21-22-17;1-12-16(13-8-10-15(23-2)11-9-13)21-22-17(19-20-18(22)24-12)14-6-4-3-5-7-14;1-9(2)14-16-17-15-19(14)18-13(10(3)21-15)11-5-7-12(20-4)8-6-11/h7-10,12,17H,4-6,11H2,1-3H3,(H,22,23);7-11,18H,4-6H2,1-3H3,(H,21,22);3-12H,1-2H3;5-10H,1-4H3. The van der Waals surface area contributed by atoms with Gasteiger partial charge in [0.1, 0.15) is 34.4 Å². The zero-order chi connectivity index (χ0) is 70.7. The SMILES string of the molecule is COc1ccc(C2=Nn3c(nnc3-c3ccccc3)SC2C)cc1.COc1ccc(C2=Nn3c(nnc3-c3n[nH]c4c3CCC4)SC2C(C)C)cc1.COc1ccc(C2=Nn3c(nnc3-c3n[nH]c4c3CCC4)SC2CC(C)C)cc1.COc1ccc(C2=Nn3c(nnc3C(C)C)SC2C)cc1. The molecule has 524 valence electrons. The molecule has 6 aromatic heterocycles. The third-order valence-electron chi connectivity index (χ3n) is 18.1. The van der Waals surface area contributed by atoms with Crippen LogP contribution in [0.1, 0.15) is 131 Å². The Hall–Kier alpha value is -9.64. The zero-order valence-corrected chi connectivity index (χ0v) is 62.2. The minimum absolute atomic E-state index is 0.207. The minimum atomic E-state index is 0.207. The molecule has 5 aromatic carbocycles. The number of nitrogens with one attached hydrogen (secondary N) is 2. The number of aryl methyl sites for hydroxylation is 2. The number of thioether (sulfide) groups is 4. The van der Waals surface area contributed by atoms with Crippen LogP contribution in [0.15, 0.2) is 168 Å². The van der Waals surface area contributed by atoms with Gasteiger partial charge in [-0.15, -0.1) is 40.8 Å².